The normalized spacial score (nSPS) is 23.4. The number of halogens is 2. The number of aromatic nitrogens is 4. The van der Waals surface area contributed by atoms with Crippen LogP contribution in [0.5, 0.6) is 0 Å². The number of rotatable bonds is 7. The summed E-state index contributed by atoms with van der Waals surface area (Å²) in [5.41, 5.74) is 7.54. The highest BCUT2D eigenvalue weighted by atomic mass is 79.9. The summed E-state index contributed by atoms with van der Waals surface area (Å²) in [6, 6.07) is 7.58. The number of primary amides is 1. The van der Waals surface area contributed by atoms with Crippen LogP contribution in [0.25, 0.3) is 0 Å². The second kappa shape index (κ2) is 8.55. The van der Waals surface area contributed by atoms with Gasteiger partial charge in [0.1, 0.15) is 5.82 Å². The molecule has 1 amide bonds. The van der Waals surface area contributed by atoms with Crippen molar-refractivity contribution in [1.82, 2.24) is 19.7 Å². The van der Waals surface area contributed by atoms with E-state index in [1.54, 1.807) is 12.4 Å². The summed E-state index contributed by atoms with van der Waals surface area (Å²) >= 11 is 9.45. The van der Waals surface area contributed by atoms with Gasteiger partial charge in [-0.1, -0.05) is 35.9 Å². The van der Waals surface area contributed by atoms with Crippen LogP contribution in [0.4, 0.5) is 17.5 Å². The Morgan fingerprint density at radius 1 is 1.22 bits per heavy atom. The number of carbonyl (C=O) groups is 1. The molecule has 0 aliphatic heterocycles. The molecule has 8 nitrogen and oxygen atoms in total. The first-order valence-electron chi connectivity index (χ1n) is 10.3. The number of benzene rings is 1. The van der Waals surface area contributed by atoms with E-state index >= 15 is 0 Å². The minimum atomic E-state index is -0.282. The number of amides is 1. The maximum atomic E-state index is 12.0. The van der Waals surface area contributed by atoms with Crippen molar-refractivity contribution in [3.05, 3.63) is 70.1 Å². The molecule has 10 heteroatoms. The van der Waals surface area contributed by atoms with Gasteiger partial charge in [-0.3, -0.25) is 9.48 Å². The average molecular weight is 515 g/mol. The highest BCUT2D eigenvalue weighted by Gasteiger charge is 2.47. The first kappa shape index (κ1) is 21.0. The van der Waals surface area contributed by atoms with Gasteiger partial charge in [0, 0.05) is 23.5 Å². The van der Waals surface area contributed by atoms with Crippen LogP contribution < -0.4 is 16.4 Å². The zero-order valence-corrected chi connectivity index (χ0v) is 19.3. The molecular weight excluding hydrogens is 494 g/mol. The third kappa shape index (κ3) is 4.22. The highest BCUT2D eigenvalue weighted by Crippen LogP contribution is 2.45. The van der Waals surface area contributed by atoms with Gasteiger partial charge >= 0.3 is 0 Å². The van der Waals surface area contributed by atoms with Crippen LogP contribution in [0.15, 0.2) is 59.5 Å². The zero-order chi connectivity index (χ0) is 22.2. The summed E-state index contributed by atoms with van der Waals surface area (Å²) in [7, 11) is 0. The molecule has 0 saturated heterocycles. The molecule has 2 aliphatic rings. The average Bonchev–Trinajstić information content (AvgIpc) is 3.49. The van der Waals surface area contributed by atoms with Crippen molar-refractivity contribution in [2.45, 2.75) is 19.0 Å². The number of hydrogen-bond acceptors (Lipinski definition) is 6. The van der Waals surface area contributed by atoms with Gasteiger partial charge in [0.2, 0.25) is 11.9 Å². The molecule has 2 aliphatic carbocycles. The summed E-state index contributed by atoms with van der Waals surface area (Å²) < 4.78 is 2.54. The molecule has 164 valence electrons. The molecule has 1 saturated carbocycles. The molecule has 2 aromatic heterocycles. The number of nitrogens with one attached hydrogen (secondary N) is 2. The fourth-order valence-electron chi connectivity index (χ4n) is 4.51. The van der Waals surface area contributed by atoms with Crippen molar-refractivity contribution in [3.63, 3.8) is 0 Å². The van der Waals surface area contributed by atoms with Gasteiger partial charge in [0.05, 0.1) is 28.8 Å². The lowest BCUT2D eigenvalue weighted by atomic mass is 9.88. The Balaban J connectivity index is 1.29. The van der Waals surface area contributed by atoms with E-state index in [0.717, 1.165) is 22.1 Å². The van der Waals surface area contributed by atoms with E-state index in [-0.39, 0.29) is 29.7 Å². The zero-order valence-electron chi connectivity index (χ0n) is 17.0. The smallest absolute Gasteiger partial charge is 0.229 e. The molecule has 32 heavy (non-hydrogen) atoms. The SMILES string of the molecule is NC(=O)[C@@H]1[C@H](Nc2nc(Nc3cnn(Cc4ccc(Cl)cc4)c3)ncc2Br)[C@H]2C=C[C@@H]1C2. The number of anilines is 3. The van der Waals surface area contributed by atoms with Crippen LogP contribution in [-0.4, -0.2) is 31.7 Å². The molecular formula is C22H21BrClN7O. The van der Waals surface area contributed by atoms with Gasteiger partial charge in [-0.2, -0.15) is 10.1 Å². The fourth-order valence-corrected chi connectivity index (χ4v) is 4.95. The van der Waals surface area contributed by atoms with E-state index in [9.17, 15) is 4.79 Å². The molecule has 3 aromatic rings. The van der Waals surface area contributed by atoms with Crippen LogP contribution in [0.2, 0.25) is 5.02 Å². The number of nitrogens with two attached hydrogens (primary N) is 1. The molecule has 0 spiro atoms. The molecule has 4 atom stereocenters. The van der Waals surface area contributed by atoms with Gasteiger partial charge in [0.25, 0.3) is 0 Å². The van der Waals surface area contributed by atoms with Crippen molar-refractivity contribution < 1.29 is 4.79 Å². The largest absolute Gasteiger partial charge is 0.369 e. The van der Waals surface area contributed by atoms with Crippen LogP contribution in [0.3, 0.4) is 0 Å². The van der Waals surface area contributed by atoms with E-state index in [4.69, 9.17) is 17.3 Å². The minimum Gasteiger partial charge on any atom is -0.369 e. The Bertz CT molecular complexity index is 1180. The van der Waals surface area contributed by atoms with Gasteiger partial charge in [-0.15, -0.1) is 0 Å². The molecule has 5 rings (SSSR count). The summed E-state index contributed by atoms with van der Waals surface area (Å²) in [5.74, 6) is 0.983. The summed E-state index contributed by atoms with van der Waals surface area (Å²) in [4.78, 5) is 21.0. The van der Waals surface area contributed by atoms with E-state index in [0.29, 0.717) is 23.3 Å². The molecule has 1 aromatic carbocycles. The highest BCUT2D eigenvalue weighted by molar-refractivity contribution is 9.10. The Morgan fingerprint density at radius 2 is 2.00 bits per heavy atom. The summed E-state index contributed by atoms with van der Waals surface area (Å²) in [5, 5.41) is 11.7. The maximum absolute atomic E-state index is 12.0. The lowest BCUT2D eigenvalue weighted by Crippen LogP contribution is -2.41. The van der Waals surface area contributed by atoms with Gasteiger partial charge in [-0.05, 0) is 51.9 Å². The molecule has 4 N–H and O–H groups in total. The third-order valence-electron chi connectivity index (χ3n) is 5.98. The lowest BCUT2D eigenvalue weighted by molar-refractivity contribution is -0.122. The van der Waals surface area contributed by atoms with Gasteiger partial charge < -0.3 is 16.4 Å². The number of carbonyl (C=O) groups excluding carboxylic acids is 1. The number of allylic oxidation sites excluding steroid dienone is 1. The number of fused-ring (bicyclic) bond motifs is 2. The Labute approximate surface area is 198 Å². The summed E-state index contributed by atoms with van der Waals surface area (Å²) in [6.45, 7) is 0.624. The quantitative estimate of drug-likeness (QED) is 0.412. The minimum absolute atomic E-state index is 0.0799. The topological polar surface area (TPSA) is 111 Å². The Morgan fingerprint density at radius 3 is 2.78 bits per heavy atom. The van der Waals surface area contributed by atoms with E-state index in [1.165, 1.54) is 0 Å². The Hall–Kier alpha value is -2.91. The maximum Gasteiger partial charge on any atom is 0.229 e. The summed E-state index contributed by atoms with van der Waals surface area (Å²) in [6.07, 6.45) is 10.5. The van der Waals surface area contributed by atoms with Crippen molar-refractivity contribution in [2.75, 3.05) is 10.6 Å². The molecule has 2 heterocycles. The second-order valence-corrected chi connectivity index (χ2v) is 9.41. The van der Waals surface area contributed by atoms with Crippen LogP contribution in [-0.2, 0) is 11.3 Å². The second-order valence-electron chi connectivity index (χ2n) is 8.11. The standard InChI is InChI=1S/C22H21BrClN7O/c23-17-9-26-22(28-16-8-27-31(11-16)10-12-1-5-15(24)6-2-12)30-21(17)29-19-14-4-3-13(7-14)18(19)20(25)32/h1-6,8-9,11,13-14,18-19H,7,10H2,(H2,25,32)(H2,26,28,29,30)/t13-,14+,18+,19-/m1/s1. The predicted octanol–water partition coefficient (Wildman–Crippen LogP) is 3.97. The Kier molecular flexibility index (Phi) is 5.60. The monoisotopic (exact) mass is 513 g/mol. The van der Waals surface area contributed by atoms with E-state index in [2.05, 4.69) is 53.8 Å². The number of hydrogen-bond donors (Lipinski definition) is 3. The molecule has 0 unspecified atom stereocenters. The third-order valence-corrected chi connectivity index (χ3v) is 6.81. The van der Waals surface area contributed by atoms with Crippen molar-refractivity contribution in [1.29, 1.82) is 0 Å². The first-order chi connectivity index (χ1) is 15.5. The van der Waals surface area contributed by atoms with Crippen molar-refractivity contribution >= 4 is 50.9 Å². The molecule has 2 bridgehead atoms. The van der Waals surface area contributed by atoms with Crippen molar-refractivity contribution in [3.8, 4) is 0 Å². The number of nitrogens with zero attached hydrogens (tertiary/aromatic N) is 4. The van der Waals surface area contributed by atoms with Crippen LogP contribution in [0.1, 0.15) is 12.0 Å². The molecule has 1 fully saturated rings. The van der Waals surface area contributed by atoms with E-state index < -0.39 is 0 Å². The van der Waals surface area contributed by atoms with E-state index in [1.807, 2.05) is 35.1 Å². The lowest BCUT2D eigenvalue weighted by Gasteiger charge is -2.27. The first-order valence-corrected chi connectivity index (χ1v) is 11.4. The predicted molar refractivity (Wildman–Crippen MR) is 127 cm³/mol. The fraction of sp³-hybridized carbons (Fsp3) is 0.273. The van der Waals surface area contributed by atoms with Gasteiger partial charge in [-0.25, -0.2) is 4.98 Å². The van der Waals surface area contributed by atoms with Crippen LogP contribution >= 0.6 is 27.5 Å². The van der Waals surface area contributed by atoms with Gasteiger partial charge in [0.15, 0.2) is 0 Å². The van der Waals surface area contributed by atoms with Crippen molar-refractivity contribution in [2.24, 2.45) is 23.5 Å². The molecule has 0 radical (unpaired) electrons. The van der Waals surface area contributed by atoms with Crippen LogP contribution in [0, 0.1) is 17.8 Å².